The number of rotatable bonds is 3. The summed E-state index contributed by atoms with van der Waals surface area (Å²) in [5.74, 6) is -5.99. The first-order valence-corrected chi connectivity index (χ1v) is 10.2. The van der Waals surface area contributed by atoms with Crippen LogP contribution in [0.25, 0.3) is 0 Å². The van der Waals surface area contributed by atoms with Gasteiger partial charge in [-0.2, -0.15) is 0 Å². The van der Waals surface area contributed by atoms with Gasteiger partial charge in [0.1, 0.15) is 29.7 Å². The highest BCUT2D eigenvalue weighted by Crippen LogP contribution is 2.26. The van der Waals surface area contributed by atoms with E-state index in [-0.39, 0.29) is 24.4 Å². The molecule has 2 aliphatic rings. The highest BCUT2D eigenvalue weighted by atomic mass is 19.1. The fourth-order valence-corrected chi connectivity index (χ4v) is 3.95. The van der Waals surface area contributed by atoms with Crippen LogP contribution in [0.3, 0.4) is 0 Å². The molecule has 174 valence electrons. The molecule has 1 aromatic carbocycles. The number of aromatic nitrogens is 1. The molecule has 0 fully saturated rings. The van der Waals surface area contributed by atoms with Gasteiger partial charge in [-0.1, -0.05) is 12.2 Å². The maximum atomic E-state index is 13.9. The number of fused-ring (bicyclic) bond motifs is 4. The number of nitrogens with zero attached hydrogens (tertiary/aromatic N) is 3. The van der Waals surface area contributed by atoms with E-state index in [9.17, 15) is 32.7 Å². The average Bonchev–Trinajstić information content (AvgIpc) is 2.74. The number of nitrogens with one attached hydrogen (secondary N) is 1. The van der Waals surface area contributed by atoms with Crippen molar-refractivity contribution in [3.63, 3.8) is 0 Å². The van der Waals surface area contributed by atoms with Crippen molar-refractivity contribution in [1.82, 2.24) is 14.9 Å². The number of carbonyl (C=O) groups excluding carboxylic acids is 2. The molecule has 2 aliphatic heterocycles. The summed E-state index contributed by atoms with van der Waals surface area (Å²) in [6, 6.07) is 0.517. The van der Waals surface area contributed by atoms with Crippen molar-refractivity contribution in [2.45, 2.75) is 38.9 Å². The summed E-state index contributed by atoms with van der Waals surface area (Å²) in [5.41, 5.74) is -2.47. The molecule has 0 spiro atoms. The van der Waals surface area contributed by atoms with Crippen molar-refractivity contribution in [2.75, 3.05) is 11.7 Å². The zero-order valence-electron chi connectivity index (χ0n) is 17.8. The molecule has 3 heterocycles. The van der Waals surface area contributed by atoms with Crippen LogP contribution in [0.15, 0.2) is 35.3 Å². The van der Waals surface area contributed by atoms with Crippen molar-refractivity contribution in [1.29, 1.82) is 0 Å². The fourth-order valence-electron chi connectivity index (χ4n) is 3.95. The van der Waals surface area contributed by atoms with Crippen molar-refractivity contribution in [3.05, 3.63) is 75.0 Å². The molecule has 11 heteroatoms. The minimum atomic E-state index is -1.19. The maximum Gasteiger partial charge on any atom is 0.278 e. The van der Waals surface area contributed by atoms with E-state index in [1.54, 1.807) is 5.01 Å². The van der Waals surface area contributed by atoms with E-state index in [1.807, 2.05) is 26.0 Å². The number of hydrogen-bond acceptors (Lipinski definition) is 5. The topological polar surface area (TPSA) is 94.9 Å². The summed E-state index contributed by atoms with van der Waals surface area (Å²) in [5, 5.41) is 14.5. The Hall–Kier alpha value is -3.76. The van der Waals surface area contributed by atoms with Crippen LogP contribution in [0.4, 0.5) is 13.2 Å². The molecule has 0 saturated carbocycles. The molecule has 0 aliphatic carbocycles. The van der Waals surface area contributed by atoms with Crippen LogP contribution in [0, 0.1) is 17.5 Å². The second-order valence-electron chi connectivity index (χ2n) is 8.05. The Kier molecular flexibility index (Phi) is 5.64. The zero-order chi connectivity index (χ0) is 24.0. The van der Waals surface area contributed by atoms with Gasteiger partial charge in [-0.05, 0) is 20.3 Å². The summed E-state index contributed by atoms with van der Waals surface area (Å²) >= 11 is 0. The smallest absolute Gasteiger partial charge is 0.278 e. The fraction of sp³-hybridized carbons (Fsp3) is 0.318. The zero-order valence-corrected chi connectivity index (χ0v) is 17.8. The maximum absolute atomic E-state index is 13.9. The molecule has 0 radical (unpaired) electrons. The average molecular weight is 462 g/mol. The second kappa shape index (κ2) is 8.30. The lowest BCUT2D eigenvalue weighted by molar-refractivity contribution is 0.0634. The molecule has 2 aromatic rings. The molecule has 0 unspecified atom stereocenters. The van der Waals surface area contributed by atoms with Crippen molar-refractivity contribution < 1.29 is 27.9 Å². The first kappa shape index (κ1) is 22.4. The van der Waals surface area contributed by atoms with E-state index < -0.39 is 58.1 Å². The molecule has 2 atom stereocenters. The predicted octanol–water partition coefficient (Wildman–Crippen LogP) is 1.99. The molecule has 2 amide bonds. The Morgan fingerprint density at radius 1 is 1.18 bits per heavy atom. The summed E-state index contributed by atoms with van der Waals surface area (Å²) in [7, 11) is 0. The van der Waals surface area contributed by atoms with Gasteiger partial charge >= 0.3 is 0 Å². The monoisotopic (exact) mass is 462 g/mol. The summed E-state index contributed by atoms with van der Waals surface area (Å²) in [4.78, 5) is 39.9. The standard InChI is InChI=1S/C22H21F3N4O4/c1-11-4-3-5-12(2)29-10-27(11)22(33)18-20(31)19(30)15(9-28(18)29)21(32)26-8-14-16(24)6-13(23)7-17(14)25/h3-4,6-7,9,11-12,31H,5,8,10H2,1-2H3,(H,26,32)/b4-3-/t11-,12+/m0/s1. The number of amides is 2. The number of pyridine rings is 1. The summed E-state index contributed by atoms with van der Waals surface area (Å²) < 4.78 is 42.1. The SMILES string of the molecule is C[C@@H]1C/C=C\[C@H](C)N2CN1n1cc(C(=O)NCc3c(F)cc(F)cc3F)c(=O)c(O)c1C2=O. The number of hydrogen-bond donors (Lipinski definition) is 2. The van der Waals surface area contributed by atoms with E-state index in [0.717, 1.165) is 6.20 Å². The van der Waals surface area contributed by atoms with Gasteiger partial charge in [-0.15, -0.1) is 0 Å². The number of aromatic hydroxyl groups is 1. The normalized spacial score (nSPS) is 20.7. The lowest BCUT2D eigenvalue weighted by Crippen LogP contribution is -2.59. The van der Waals surface area contributed by atoms with Crippen LogP contribution in [-0.4, -0.2) is 45.2 Å². The van der Waals surface area contributed by atoms with Gasteiger partial charge in [0.2, 0.25) is 5.43 Å². The highest BCUT2D eigenvalue weighted by Gasteiger charge is 2.38. The van der Waals surface area contributed by atoms with Gasteiger partial charge in [0.05, 0.1) is 0 Å². The minimum Gasteiger partial charge on any atom is -0.502 e. The van der Waals surface area contributed by atoms with E-state index in [0.29, 0.717) is 18.6 Å². The first-order valence-electron chi connectivity index (χ1n) is 10.2. The van der Waals surface area contributed by atoms with Gasteiger partial charge in [0.15, 0.2) is 11.4 Å². The minimum absolute atomic E-state index is 0.150. The number of carbonyl (C=O) groups is 2. The first-order chi connectivity index (χ1) is 15.6. The van der Waals surface area contributed by atoms with Crippen LogP contribution in [0.2, 0.25) is 0 Å². The van der Waals surface area contributed by atoms with Crippen LogP contribution in [0.5, 0.6) is 5.75 Å². The largest absolute Gasteiger partial charge is 0.502 e. The van der Waals surface area contributed by atoms with E-state index in [2.05, 4.69) is 5.32 Å². The Balaban J connectivity index is 1.71. The van der Waals surface area contributed by atoms with Gasteiger partial charge < -0.3 is 15.3 Å². The third kappa shape index (κ3) is 3.83. The van der Waals surface area contributed by atoms with Crippen molar-refractivity contribution in [2.24, 2.45) is 0 Å². The quantitative estimate of drug-likeness (QED) is 0.681. The Bertz CT molecular complexity index is 1220. The summed E-state index contributed by atoms with van der Waals surface area (Å²) in [6.07, 6.45) is 5.54. The number of halogens is 3. The van der Waals surface area contributed by atoms with Crippen LogP contribution >= 0.6 is 0 Å². The van der Waals surface area contributed by atoms with Gasteiger partial charge in [0.25, 0.3) is 11.8 Å². The Morgan fingerprint density at radius 3 is 2.52 bits per heavy atom. The highest BCUT2D eigenvalue weighted by molar-refractivity contribution is 5.99. The third-order valence-electron chi connectivity index (χ3n) is 5.87. The molecule has 1 aromatic heterocycles. The molecular formula is C22H21F3N4O4. The van der Waals surface area contributed by atoms with Crippen LogP contribution < -0.4 is 15.8 Å². The molecule has 0 saturated heterocycles. The Morgan fingerprint density at radius 2 is 1.85 bits per heavy atom. The molecular weight excluding hydrogens is 441 g/mol. The van der Waals surface area contributed by atoms with Gasteiger partial charge in [-0.3, -0.25) is 24.1 Å². The molecule has 33 heavy (non-hydrogen) atoms. The van der Waals surface area contributed by atoms with Crippen molar-refractivity contribution in [3.8, 4) is 5.75 Å². The molecule has 4 rings (SSSR count). The van der Waals surface area contributed by atoms with Crippen LogP contribution in [0.1, 0.15) is 46.7 Å². The lowest BCUT2D eigenvalue weighted by atomic mass is 10.1. The molecule has 2 N–H and O–H groups in total. The molecule has 8 nitrogen and oxygen atoms in total. The third-order valence-corrected chi connectivity index (χ3v) is 5.87. The van der Waals surface area contributed by atoms with E-state index in [4.69, 9.17) is 0 Å². The summed E-state index contributed by atoms with van der Waals surface area (Å²) in [6.45, 7) is 3.19. The van der Waals surface area contributed by atoms with E-state index in [1.165, 1.54) is 9.58 Å². The molecule has 2 bridgehead atoms. The van der Waals surface area contributed by atoms with Gasteiger partial charge in [-0.25, -0.2) is 13.2 Å². The van der Waals surface area contributed by atoms with Gasteiger partial charge in [0, 0.05) is 42.5 Å². The van der Waals surface area contributed by atoms with Crippen molar-refractivity contribution >= 4 is 11.8 Å². The Labute approximate surface area is 186 Å². The second-order valence-corrected chi connectivity index (χ2v) is 8.05. The van der Waals surface area contributed by atoms with Crippen LogP contribution in [-0.2, 0) is 6.54 Å². The number of benzene rings is 1. The van der Waals surface area contributed by atoms with E-state index >= 15 is 0 Å². The predicted molar refractivity (Wildman–Crippen MR) is 112 cm³/mol. The lowest BCUT2D eigenvalue weighted by Gasteiger charge is -2.45.